The van der Waals surface area contributed by atoms with E-state index < -0.39 is 66.8 Å². The second-order valence-corrected chi connectivity index (χ2v) is 16.0. The molecule has 0 radical (unpaired) electrons. The highest BCUT2D eigenvalue weighted by Crippen LogP contribution is 2.41. The molecule has 3 aliphatic rings. The Balaban J connectivity index is 1.05. The number of methoxy groups -OCH3 is 2. The number of nitrogens with one attached hydrogen (secondary N) is 2. The zero-order valence-corrected chi connectivity index (χ0v) is 32.4. The van der Waals surface area contributed by atoms with Gasteiger partial charge < -0.3 is 29.6 Å². The smallest absolute Gasteiger partial charge is 0.341 e. The number of benzene rings is 1. The van der Waals surface area contributed by atoms with Crippen LogP contribution in [0.2, 0.25) is 0 Å². The number of carbonyl (C=O) groups excluding carboxylic acids is 8. The second-order valence-electron chi connectivity index (χ2n) is 13.8. The first-order valence-corrected chi connectivity index (χ1v) is 19.3. The number of hydrogen-bond donors (Lipinski definition) is 2. The molecule has 55 heavy (non-hydrogen) atoms. The summed E-state index contributed by atoms with van der Waals surface area (Å²) in [7, 11) is 2.51. The van der Waals surface area contributed by atoms with Crippen molar-refractivity contribution in [1.29, 1.82) is 0 Å². The number of carbonyl (C=O) groups is 8. The molecule has 2 aliphatic carbocycles. The molecule has 2 N–H and O–H groups in total. The lowest BCUT2D eigenvalue weighted by Gasteiger charge is -2.20. The molecule has 6 rings (SSSR count). The number of thiophene rings is 2. The van der Waals surface area contributed by atoms with Crippen LogP contribution in [0, 0.1) is 11.8 Å². The third-order valence-corrected chi connectivity index (χ3v) is 12.2. The van der Waals surface area contributed by atoms with Crippen LogP contribution in [0.5, 0.6) is 0 Å². The van der Waals surface area contributed by atoms with Crippen LogP contribution in [0.3, 0.4) is 0 Å². The summed E-state index contributed by atoms with van der Waals surface area (Å²) in [6.45, 7) is 4.01. The number of nitrogens with zero attached hydrogens (tertiary/aromatic N) is 1. The zero-order chi connectivity index (χ0) is 39.7. The van der Waals surface area contributed by atoms with Crippen molar-refractivity contribution in [2.45, 2.75) is 65.3 Å². The fourth-order valence-corrected chi connectivity index (χ4v) is 9.78. The number of hydrogen-bond acceptors (Lipinski definition) is 14. The van der Waals surface area contributed by atoms with E-state index in [0.717, 1.165) is 52.6 Å². The maximum absolute atomic E-state index is 13.4. The van der Waals surface area contributed by atoms with E-state index in [2.05, 4.69) is 24.5 Å². The molecule has 2 aromatic heterocycles. The highest BCUT2D eigenvalue weighted by atomic mass is 32.1. The predicted molar refractivity (Wildman–Crippen MR) is 199 cm³/mol. The van der Waals surface area contributed by atoms with Gasteiger partial charge in [-0.25, -0.2) is 19.2 Å². The van der Waals surface area contributed by atoms with E-state index in [-0.39, 0.29) is 22.3 Å². The van der Waals surface area contributed by atoms with Gasteiger partial charge in [0.1, 0.15) is 16.0 Å². The van der Waals surface area contributed by atoms with E-state index >= 15 is 0 Å². The Kier molecular flexibility index (Phi) is 11.5. The fourth-order valence-electron chi connectivity index (χ4n) is 6.95. The molecule has 0 saturated heterocycles. The number of amides is 4. The standard InChI is InChI=1S/C38H39N3O12S2/c1-17-6-9-22-25(12-17)54-31(29(22)37(48)50-4)39-27(42)15-52-35(46)19(3)41-33(44)21-11-8-20(14-24(21)34(41)45)36(47)53-16-28(43)40-32-30(38(49)51-5)23-10-7-18(2)13-26(23)55-32/h8,11,14,17-19H,6-7,9-10,12-13,15-16H2,1-5H3,(H,39,42)(H,40,43)/t17-,18-,19+/m0/s1. The summed E-state index contributed by atoms with van der Waals surface area (Å²) in [5.74, 6) is -5.44. The van der Waals surface area contributed by atoms with Gasteiger partial charge in [-0.15, -0.1) is 22.7 Å². The van der Waals surface area contributed by atoms with Crippen LogP contribution in [0.4, 0.5) is 10.0 Å². The van der Waals surface area contributed by atoms with Crippen molar-refractivity contribution in [1.82, 2.24) is 4.90 Å². The Hall–Kier alpha value is -5.42. The predicted octanol–water partition coefficient (Wildman–Crippen LogP) is 4.59. The quantitative estimate of drug-likeness (QED) is 0.156. The summed E-state index contributed by atoms with van der Waals surface area (Å²) in [6, 6.07) is 2.17. The minimum absolute atomic E-state index is 0.0747. The van der Waals surface area contributed by atoms with Crippen LogP contribution in [-0.2, 0) is 59.0 Å². The summed E-state index contributed by atoms with van der Waals surface area (Å²) < 4.78 is 20.2. The average molecular weight is 794 g/mol. The van der Waals surface area contributed by atoms with Crippen LogP contribution in [0.15, 0.2) is 18.2 Å². The molecular weight excluding hydrogens is 755 g/mol. The normalized spacial score (nSPS) is 17.7. The molecule has 0 bridgehead atoms. The molecule has 0 saturated carbocycles. The first-order valence-electron chi connectivity index (χ1n) is 17.6. The van der Waals surface area contributed by atoms with Crippen molar-refractivity contribution >= 4 is 80.2 Å². The molecule has 1 aromatic carbocycles. The molecule has 3 atom stereocenters. The van der Waals surface area contributed by atoms with Crippen LogP contribution in [0.25, 0.3) is 0 Å². The Labute approximate surface area is 323 Å². The number of anilines is 2. The van der Waals surface area contributed by atoms with Crippen molar-refractivity contribution in [2.75, 3.05) is 38.1 Å². The monoisotopic (exact) mass is 793 g/mol. The van der Waals surface area contributed by atoms with Crippen LogP contribution >= 0.6 is 22.7 Å². The van der Waals surface area contributed by atoms with Gasteiger partial charge in [-0.05, 0) is 86.6 Å². The van der Waals surface area contributed by atoms with Gasteiger partial charge in [0, 0.05) is 9.75 Å². The highest BCUT2D eigenvalue weighted by molar-refractivity contribution is 7.17. The first kappa shape index (κ1) is 39.3. The lowest BCUT2D eigenvalue weighted by molar-refractivity contribution is -0.150. The molecule has 0 fully saturated rings. The topological polar surface area (TPSA) is 201 Å². The van der Waals surface area contributed by atoms with E-state index in [9.17, 15) is 38.4 Å². The molecule has 3 heterocycles. The van der Waals surface area contributed by atoms with E-state index in [4.69, 9.17) is 18.9 Å². The van der Waals surface area contributed by atoms with E-state index in [1.165, 1.54) is 55.9 Å². The van der Waals surface area contributed by atoms with Gasteiger partial charge in [-0.1, -0.05) is 13.8 Å². The lowest BCUT2D eigenvalue weighted by atomic mass is 9.88. The Morgan fingerprint density at radius 3 is 1.75 bits per heavy atom. The number of rotatable bonds is 11. The highest BCUT2D eigenvalue weighted by Gasteiger charge is 2.42. The summed E-state index contributed by atoms with van der Waals surface area (Å²) in [4.78, 5) is 106. The lowest BCUT2D eigenvalue weighted by Crippen LogP contribution is -2.44. The van der Waals surface area contributed by atoms with E-state index in [1.54, 1.807) is 0 Å². The van der Waals surface area contributed by atoms with Crippen molar-refractivity contribution in [2.24, 2.45) is 11.8 Å². The summed E-state index contributed by atoms with van der Waals surface area (Å²) in [5.41, 5.74) is 1.87. The molecule has 1 aliphatic heterocycles. The van der Waals surface area contributed by atoms with Gasteiger partial charge in [0.05, 0.1) is 42.0 Å². The SMILES string of the molecule is COC(=O)c1c(NC(=O)COC(=O)c2ccc3c(c2)C(=O)N([C@H](C)C(=O)OCC(=O)Nc2sc4c(c2C(=O)OC)CC[C@H](C)C4)C3=O)sc2c1CC[C@H](C)C2. The van der Waals surface area contributed by atoms with E-state index in [1.807, 2.05) is 0 Å². The molecule has 3 aromatic rings. The molecule has 0 unspecified atom stereocenters. The molecular formula is C38H39N3O12S2. The van der Waals surface area contributed by atoms with Crippen molar-refractivity contribution in [3.05, 3.63) is 66.9 Å². The Morgan fingerprint density at radius 2 is 1.24 bits per heavy atom. The van der Waals surface area contributed by atoms with Crippen molar-refractivity contribution in [3.63, 3.8) is 0 Å². The first-order chi connectivity index (χ1) is 26.2. The van der Waals surface area contributed by atoms with Crippen LogP contribution in [-0.4, -0.2) is 85.9 Å². The minimum Gasteiger partial charge on any atom is -0.465 e. The third kappa shape index (κ3) is 7.89. The number of fused-ring (bicyclic) bond motifs is 3. The third-order valence-electron chi connectivity index (χ3n) is 9.87. The van der Waals surface area contributed by atoms with Gasteiger partial charge in [0.15, 0.2) is 13.2 Å². The van der Waals surface area contributed by atoms with Gasteiger partial charge in [0.25, 0.3) is 23.6 Å². The molecule has 4 amide bonds. The number of ether oxygens (including phenoxy) is 4. The van der Waals surface area contributed by atoms with Gasteiger partial charge in [0.2, 0.25) is 0 Å². The summed E-state index contributed by atoms with van der Waals surface area (Å²) >= 11 is 2.55. The molecule has 15 nitrogen and oxygen atoms in total. The average Bonchev–Trinajstić information content (AvgIpc) is 3.78. The fraction of sp³-hybridized carbons (Fsp3) is 0.421. The van der Waals surface area contributed by atoms with Crippen molar-refractivity contribution in [3.8, 4) is 0 Å². The molecule has 17 heteroatoms. The maximum Gasteiger partial charge on any atom is 0.341 e. The largest absolute Gasteiger partial charge is 0.465 e. The van der Waals surface area contributed by atoms with E-state index in [0.29, 0.717) is 45.1 Å². The second kappa shape index (κ2) is 16.1. The maximum atomic E-state index is 13.4. The van der Waals surface area contributed by atoms with Crippen LogP contribution in [0.1, 0.15) is 106 Å². The summed E-state index contributed by atoms with van der Waals surface area (Å²) in [5, 5.41) is 5.88. The molecule has 0 spiro atoms. The molecule has 290 valence electrons. The zero-order valence-electron chi connectivity index (χ0n) is 30.8. The van der Waals surface area contributed by atoms with Gasteiger partial charge >= 0.3 is 23.9 Å². The minimum atomic E-state index is -1.44. The number of imide groups is 1. The summed E-state index contributed by atoms with van der Waals surface area (Å²) in [6.07, 6.45) is 4.64. The Morgan fingerprint density at radius 1 is 0.745 bits per heavy atom. The van der Waals surface area contributed by atoms with Gasteiger partial charge in [-0.3, -0.25) is 24.1 Å². The van der Waals surface area contributed by atoms with Crippen LogP contribution < -0.4 is 10.6 Å². The Bertz CT molecular complexity index is 2140. The van der Waals surface area contributed by atoms with Gasteiger partial charge in [-0.2, -0.15) is 0 Å². The number of esters is 4. The van der Waals surface area contributed by atoms with Crippen molar-refractivity contribution < 1.29 is 57.3 Å².